The largest absolute Gasteiger partial charge is 0.480 e. The van der Waals surface area contributed by atoms with E-state index in [4.69, 9.17) is 4.74 Å². The van der Waals surface area contributed by atoms with Gasteiger partial charge in [-0.25, -0.2) is 9.59 Å². The number of carbonyl (C=O) groups excluding carboxylic acids is 1. The van der Waals surface area contributed by atoms with Crippen LogP contribution in [0.4, 0.5) is 4.79 Å². The fraction of sp³-hybridized carbons (Fsp3) is 0.167. The monoisotopic (exact) mass is 465 g/mol. The summed E-state index contributed by atoms with van der Waals surface area (Å²) in [6, 6.07) is 22.4. The Hall–Kier alpha value is -3.12. The predicted octanol–water partition coefficient (Wildman–Crippen LogP) is 4.98. The second-order valence-corrected chi connectivity index (χ2v) is 8.11. The average molecular weight is 466 g/mol. The number of amides is 1. The molecule has 1 aliphatic rings. The molecule has 6 heteroatoms. The highest BCUT2D eigenvalue weighted by molar-refractivity contribution is 9.10. The minimum Gasteiger partial charge on any atom is -0.480 e. The van der Waals surface area contributed by atoms with E-state index >= 15 is 0 Å². The fourth-order valence-electron chi connectivity index (χ4n) is 3.88. The van der Waals surface area contributed by atoms with E-state index in [1.165, 1.54) is 0 Å². The number of rotatable bonds is 6. The number of hydrogen-bond acceptors (Lipinski definition) is 3. The molecule has 1 aliphatic carbocycles. The number of halogens is 1. The first-order chi connectivity index (χ1) is 14.5. The number of aliphatic carboxylic acids is 1. The summed E-state index contributed by atoms with van der Waals surface area (Å²) in [5.74, 6) is -1.18. The molecule has 1 atom stereocenters. The molecule has 0 saturated heterocycles. The van der Waals surface area contributed by atoms with Gasteiger partial charge in [0.2, 0.25) is 0 Å². The van der Waals surface area contributed by atoms with E-state index in [2.05, 4.69) is 33.4 Å². The first-order valence-electron chi connectivity index (χ1n) is 9.61. The van der Waals surface area contributed by atoms with Crippen molar-refractivity contribution in [1.82, 2.24) is 5.32 Å². The van der Waals surface area contributed by atoms with Crippen LogP contribution in [0.25, 0.3) is 11.1 Å². The molecular formula is C24H20BrNO4. The molecule has 3 aromatic carbocycles. The molecule has 3 aromatic rings. The maximum atomic E-state index is 12.4. The molecule has 0 bridgehead atoms. The van der Waals surface area contributed by atoms with Gasteiger partial charge in [-0.1, -0.05) is 76.6 Å². The molecule has 152 valence electrons. The van der Waals surface area contributed by atoms with Crippen LogP contribution in [0.15, 0.2) is 77.3 Å². The third-order valence-corrected chi connectivity index (χ3v) is 5.76. The second kappa shape index (κ2) is 8.71. The van der Waals surface area contributed by atoms with Gasteiger partial charge in [0.15, 0.2) is 0 Å². The highest BCUT2D eigenvalue weighted by atomic mass is 79.9. The molecule has 0 aliphatic heterocycles. The van der Waals surface area contributed by atoms with E-state index in [-0.39, 0.29) is 18.9 Å². The maximum absolute atomic E-state index is 12.4. The summed E-state index contributed by atoms with van der Waals surface area (Å²) in [5.41, 5.74) is 5.29. The second-order valence-electron chi connectivity index (χ2n) is 7.19. The zero-order valence-corrected chi connectivity index (χ0v) is 17.6. The molecule has 0 aromatic heterocycles. The lowest BCUT2D eigenvalue weighted by Gasteiger charge is -2.17. The lowest BCUT2D eigenvalue weighted by molar-refractivity contribution is -0.139. The smallest absolute Gasteiger partial charge is 0.407 e. The number of carboxylic acid groups (broad SMARTS) is 1. The molecule has 2 N–H and O–H groups in total. The molecule has 0 heterocycles. The summed E-state index contributed by atoms with van der Waals surface area (Å²) in [7, 11) is 0. The van der Waals surface area contributed by atoms with Crippen molar-refractivity contribution in [2.24, 2.45) is 0 Å². The molecular weight excluding hydrogens is 446 g/mol. The minimum atomic E-state index is -1.11. The van der Waals surface area contributed by atoms with Crippen LogP contribution >= 0.6 is 15.9 Å². The quantitative estimate of drug-likeness (QED) is 0.537. The van der Waals surface area contributed by atoms with Gasteiger partial charge in [-0.2, -0.15) is 0 Å². The Morgan fingerprint density at radius 2 is 1.60 bits per heavy atom. The Labute approximate surface area is 182 Å². The van der Waals surface area contributed by atoms with Gasteiger partial charge >= 0.3 is 12.1 Å². The molecule has 0 saturated carbocycles. The Bertz CT molecular complexity index is 1050. The molecule has 4 rings (SSSR count). The lowest BCUT2D eigenvalue weighted by atomic mass is 9.98. The SMILES string of the molecule is O=C(N[C@@H](Cc1cccc(Br)c1)C(=O)O)OCC1c2ccccc2-c2ccccc21. The number of ether oxygens (including phenoxy) is 1. The third-order valence-electron chi connectivity index (χ3n) is 5.26. The van der Waals surface area contributed by atoms with Gasteiger partial charge in [-0.3, -0.25) is 0 Å². The van der Waals surface area contributed by atoms with Crippen LogP contribution in [0.1, 0.15) is 22.6 Å². The first kappa shape index (κ1) is 20.2. The van der Waals surface area contributed by atoms with Crippen molar-refractivity contribution in [2.75, 3.05) is 6.61 Å². The molecule has 5 nitrogen and oxygen atoms in total. The van der Waals surface area contributed by atoms with Crippen molar-refractivity contribution in [2.45, 2.75) is 18.4 Å². The number of benzene rings is 3. The zero-order valence-electron chi connectivity index (χ0n) is 16.0. The van der Waals surface area contributed by atoms with E-state index < -0.39 is 18.1 Å². The molecule has 1 amide bonds. The van der Waals surface area contributed by atoms with Crippen LogP contribution in [0.5, 0.6) is 0 Å². The summed E-state index contributed by atoms with van der Waals surface area (Å²) in [4.78, 5) is 24.0. The van der Waals surface area contributed by atoms with Gasteiger partial charge in [0.05, 0.1) is 0 Å². The topological polar surface area (TPSA) is 75.6 Å². The van der Waals surface area contributed by atoms with Crippen LogP contribution in [-0.2, 0) is 16.0 Å². The maximum Gasteiger partial charge on any atom is 0.407 e. The molecule has 30 heavy (non-hydrogen) atoms. The number of hydrogen-bond donors (Lipinski definition) is 2. The number of fused-ring (bicyclic) bond motifs is 3. The third kappa shape index (κ3) is 4.24. The van der Waals surface area contributed by atoms with E-state index in [1.807, 2.05) is 60.7 Å². The molecule has 0 fully saturated rings. The number of carbonyl (C=O) groups is 2. The van der Waals surface area contributed by atoms with Crippen molar-refractivity contribution in [3.8, 4) is 11.1 Å². The Morgan fingerprint density at radius 1 is 0.967 bits per heavy atom. The van der Waals surface area contributed by atoms with Crippen LogP contribution in [-0.4, -0.2) is 29.8 Å². The predicted molar refractivity (Wildman–Crippen MR) is 117 cm³/mol. The summed E-state index contributed by atoms with van der Waals surface area (Å²) in [6.07, 6.45) is -0.571. The fourth-order valence-corrected chi connectivity index (χ4v) is 4.33. The summed E-state index contributed by atoms with van der Waals surface area (Å²) < 4.78 is 6.31. The van der Waals surface area contributed by atoms with Gasteiger partial charge in [0.25, 0.3) is 0 Å². The van der Waals surface area contributed by atoms with Crippen molar-refractivity contribution in [3.63, 3.8) is 0 Å². The normalized spacial score (nSPS) is 13.2. The zero-order chi connectivity index (χ0) is 21.1. The van der Waals surface area contributed by atoms with Gasteiger partial charge in [0, 0.05) is 16.8 Å². The minimum absolute atomic E-state index is 0.0727. The molecule has 0 unspecified atom stereocenters. The number of carboxylic acids is 1. The Kier molecular flexibility index (Phi) is 5.86. The average Bonchev–Trinajstić information content (AvgIpc) is 3.06. The summed E-state index contributed by atoms with van der Waals surface area (Å²) >= 11 is 3.37. The van der Waals surface area contributed by atoms with Crippen molar-refractivity contribution < 1.29 is 19.4 Å². The lowest BCUT2D eigenvalue weighted by Crippen LogP contribution is -2.42. The van der Waals surface area contributed by atoms with Crippen LogP contribution < -0.4 is 5.32 Å². The first-order valence-corrected chi connectivity index (χ1v) is 10.4. The summed E-state index contributed by atoms with van der Waals surface area (Å²) in [6.45, 7) is 0.142. The Balaban J connectivity index is 1.43. The van der Waals surface area contributed by atoms with E-state index in [1.54, 1.807) is 0 Å². The summed E-state index contributed by atoms with van der Waals surface area (Å²) in [5, 5.41) is 12.0. The van der Waals surface area contributed by atoms with Crippen LogP contribution in [0, 0.1) is 0 Å². The molecule has 0 spiro atoms. The van der Waals surface area contributed by atoms with E-state index in [9.17, 15) is 14.7 Å². The van der Waals surface area contributed by atoms with Crippen LogP contribution in [0.2, 0.25) is 0 Å². The van der Waals surface area contributed by atoms with E-state index in [0.29, 0.717) is 0 Å². The van der Waals surface area contributed by atoms with Gasteiger partial charge in [-0.05, 0) is 39.9 Å². The van der Waals surface area contributed by atoms with Crippen molar-refractivity contribution in [3.05, 3.63) is 94.0 Å². The highest BCUT2D eigenvalue weighted by Crippen LogP contribution is 2.44. The number of alkyl carbamates (subject to hydrolysis) is 1. The van der Waals surface area contributed by atoms with E-state index in [0.717, 1.165) is 32.3 Å². The van der Waals surface area contributed by atoms with Crippen molar-refractivity contribution in [1.29, 1.82) is 0 Å². The highest BCUT2D eigenvalue weighted by Gasteiger charge is 2.29. The molecule has 0 radical (unpaired) electrons. The van der Waals surface area contributed by atoms with Crippen molar-refractivity contribution >= 4 is 28.0 Å². The van der Waals surface area contributed by atoms with Gasteiger partial charge in [-0.15, -0.1) is 0 Å². The van der Waals surface area contributed by atoms with Gasteiger partial charge in [0.1, 0.15) is 12.6 Å². The Morgan fingerprint density at radius 3 is 2.20 bits per heavy atom. The number of nitrogens with one attached hydrogen (secondary N) is 1. The standard InChI is InChI=1S/C24H20BrNO4/c25-16-7-5-6-15(12-16)13-22(23(27)28)26-24(29)30-14-21-19-10-3-1-8-17(19)18-9-2-4-11-20(18)21/h1-12,21-22H,13-14H2,(H,26,29)(H,27,28)/t22-/m0/s1. The van der Waals surface area contributed by atoms with Gasteiger partial charge < -0.3 is 15.2 Å². The van der Waals surface area contributed by atoms with Crippen LogP contribution in [0.3, 0.4) is 0 Å².